The smallest absolute Gasteiger partial charge is 0.226 e. The Morgan fingerprint density at radius 1 is 0.970 bits per heavy atom. The van der Waals surface area contributed by atoms with Crippen molar-refractivity contribution >= 4 is 11.5 Å². The maximum absolute atomic E-state index is 5.08. The van der Waals surface area contributed by atoms with Crippen molar-refractivity contribution in [2.24, 2.45) is 0 Å². The lowest BCUT2D eigenvalue weighted by molar-refractivity contribution is 0.436. The molecule has 6 rings (SSSR count). The number of aryl methyl sites for hydroxylation is 1. The summed E-state index contributed by atoms with van der Waals surface area (Å²) in [5.74, 6) is 1.47. The third-order valence-electron chi connectivity index (χ3n) is 7.83. The average Bonchev–Trinajstić information content (AvgIpc) is 3.24. The number of nitrogens with zero attached hydrogens (tertiary/aromatic N) is 5. The van der Waals surface area contributed by atoms with E-state index in [9.17, 15) is 0 Å². The van der Waals surface area contributed by atoms with Crippen LogP contribution in [0.5, 0.6) is 0 Å². The molecule has 1 atom stereocenters. The molecule has 0 amide bonds. The van der Waals surface area contributed by atoms with Crippen molar-refractivity contribution < 1.29 is 0 Å². The molecule has 3 heterocycles. The highest BCUT2D eigenvalue weighted by Crippen LogP contribution is 2.42. The molecule has 33 heavy (non-hydrogen) atoms. The molecule has 3 aromatic rings. The van der Waals surface area contributed by atoms with E-state index in [0.29, 0.717) is 5.92 Å². The maximum atomic E-state index is 5.08. The van der Waals surface area contributed by atoms with E-state index in [1.807, 2.05) is 6.20 Å². The van der Waals surface area contributed by atoms with Gasteiger partial charge in [0.1, 0.15) is 0 Å². The predicted molar refractivity (Wildman–Crippen MR) is 132 cm³/mol. The van der Waals surface area contributed by atoms with E-state index in [1.165, 1.54) is 60.1 Å². The number of hydrogen-bond acceptors (Lipinski definition) is 5. The second kappa shape index (κ2) is 8.36. The van der Waals surface area contributed by atoms with Gasteiger partial charge in [-0.25, -0.2) is 9.97 Å². The van der Waals surface area contributed by atoms with E-state index in [0.717, 1.165) is 42.3 Å². The van der Waals surface area contributed by atoms with E-state index >= 15 is 0 Å². The summed E-state index contributed by atoms with van der Waals surface area (Å²) in [6, 6.07) is 13.0. The Morgan fingerprint density at radius 3 is 2.67 bits per heavy atom. The molecule has 5 heteroatoms. The van der Waals surface area contributed by atoms with Crippen LogP contribution in [0.4, 0.5) is 5.95 Å². The first-order valence-corrected chi connectivity index (χ1v) is 12.4. The summed E-state index contributed by atoms with van der Waals surface area (Å²) < 4.78 is 0. The summed E-state index contributed by atoms with van der Waals surface area (Å²) >= 11 is 0. The standard InChI is InChI=1S/C28H31N5/c1-18-8-6-7-11-22(18)26-17-23-25(31-32-26)16-21-13-15-33(19(2)27(21)23)28-29-14-12-24(30-28)20-9-4-3-5-10-20/h6-8,11-12,14,17,19-20H,3-5,9-10,13,15-16H2,1-2H3. The Hall–Kier alpha value is -3.08. The Morgan fingerprint density at radius 2 is 1.82 bits per heavy atom. The van der Waals surface area contributed by atoms with Gasteiger partial charge in [0.25, 0.3) is 0 Å². The SMILES string of the molecule is Cc1ccccc1-c1cc2c(nn1)CC1=C2C(C)N(c2nccc(C3CCCCC3)n2)CC1. The fraction of sp³-hybridized carbons (Fsp3) is 0.429. The van der Waals surface area contributed by atoms with Gasteiger partial charge in [0.05, 0.1) is 17.4 Å². The molecule has 5 nitrogen and oxygen atoms in total. The lowest BCUT2D eigenvalue weighted by Gasteiger charge is -2.35. The van der Waals surface area contributed by atoms with Gasteiger partial charge in [0.2, 0.25) is 5.95 Å². The lowest BCUT2D eigenvalue weighted by Crippen LogP contribution is -2.39. The van der Waals surface area contributed by atoms with Crippen LogP contribution in [-0.4, -0.2) is 32.8 Å². The molecule has 2 aliphatic carbocycles. The minimum Gasteiger partial charge on any atom is -0.334 e. The van der Waals surface area contributed by atoms with Crippen LogP contribution in [0.25, 0.3) is 16.8 Å². The normalized spacial score (nSPS) is 20.7. The van der Waals surface area contributed by atoms with E-state index < -0.39 is 0 Å². The zero-order valence-corrected chi connectivity index (χ0v) is 19.6. The maximum Gasteiger partial charge on any atom is 0.226 e. The number of anilines is 1. The van der Waals surface area contributed by atoms with Crippen molar-refractivity contribution in [3.05, 3.63) is 70.7 Å². The first kappa shape index (κ1) is 20.5. The highest BCUT2D eigenvalue weighted by molar-refractivity contribution is 5.83. The summed E-state index contributed by atoms with van der Waals surface area (Å²) in [5.41, 5.74) is 9.87. The molecule has 1 aliphatic heterocycles. The molecule has 1 fully saturated rings. The third-order valence-corrected chi connectivity index (χ3v) is 7.83. The van der Waals surface area contributed by atoms with Crippen LogP contribution in [0.15, 0.2) is 48.2 Å². The molecule has 1 saturated carbocycles. The molecule has 0 saturated heterocycles. The summed E-state index contributed by atoms with van der Waals surface area (Å²) in [4.78, 5) is 12.2. The Bertz CT molecular complexity index is 1220. The van der Waals surface area contributed by atoms with Gasteiger partial charge >= 0.3 is 0 Å². The first-order valence-electron chi connectivity index (χ1n) is 12.4. The Balaban J connectivity index is 1.33. The molecule has 0 radical (unpaired) electrons. The molecule has 1 aromatic carbocycles. The summed E-state index contributed by atoms with van der Waals surface area (Å²) in [7, 11) is 0. The molecule has 0 bridgehead atoms. The summed E-state index contributed by atoms with van der Waals surface area (Å²) in [6.07, 6.45) is 10.4. The zero-order chi connectivity index (χ0) is 22.4. The van der Waals surface area contributed by atoms with Crippen LogP contribution in [0.1, 0.15) is 73.9 Å². The minimum absolute atomic E-state index is 0.227. The summed E-state index contributed by atoms with van der Waals surface area (Å²) in [5, 5.41) is 9.26. The van der Waals surface area contributed by atoms with Gasteiger partial charge in [0.15, 0.2) is 0 Å². The van der Waals surface area contributed by atoms with E-state index in [-0.39, 0.29) is 6.04 Å². The summed E-state index contributed by atoms with van der Waals surface area (Å²) in [6.45, 7) is 5.39. The lowest BCUT2D eigenvalue weighted by atomic mass is 9.87. The molecule has 2 aromatic heterocycles. The molecule has 1 unspecified atom stereocenters. The van der Waals surface area contributed by atoms with Gasteiger partial charge in [-0.1, -0.05) is 49.1 Å². The second-order valence-corrected chi connectivity index (χ2v) is 9.83. The topological polar surface area (TPSA) is 54.8 Å². The molecule has 0 N–H and O–H groups in total. The number of benzene rings is 1. The van der Waals surface area contributed by atoms with Gasteiger partial charge in [-0.05, 0) is 56.4 Å². The van der Waals surface area contributed by atoms with Crippen molar-refractivity contribution in [2.45, 2.75) is 70.8 Å². The molecule has 3 aliphatic rings. The highest BCUT2D eigenvalue weighted by atomic mass is 15.3. The third kappa shape index (κ3) is 3.64. The zero-order valence-electron chi connectivity index (χ0n) is 19.6. The number of hydrogen-bond donors (Lipinski definition) is 0. The van der Waals surface area contributed by atoms with Crippen LogP contribution in [0.2, 0.25) is 0 Å². The van der Waals surface area contributed by atoms with Gasteiger partial charge in [-0.2, -0.15) is 10.2 Å². The quantitative estimate of drug-likeness (QED) is 0.511. The van der Waals surface area contributed by atoms with Crippen molar-refractivity contribution in [3.63, 3.8) is 0 Å². The molecule has 0 spiro atoms. The van der Waals surface area contributed by atoms with Gasteiger partial charge in [-0.3, -0.25) is 0 Å². The van der Waals surface area contributed by atoms with Crippen molar-refractivity contribution in [3.8, 4) is 11.3 Å². The first-order chi connectivity index (χ1) is 16.2. The largest absolute Gasteiger partial charge is 0.334 e. The van der Waals surface area contributed by atoms with E-state index in [4.69, 9.17) is 9.97 Å². The van der Waals surface area contributed by atoms with Gasteiger partial charge < -0.3 is 4.90 Å². The van der Waals surface area contributed by atoms with Crippen LogP contribution in [0, 0.1) is 6.92 Å². The van der Waals surface area contributed by atoms with Crippen LogP contribution in [-0.2, 0) is 6.42 Å². The molecular weight excluding hydrogens is 406 g/mol. The Kier molecular flexibility index (Phi) is 5.20. The van der Waals surface area contributed by atoms with Crippen LogP contribution < -0.4 is 4.90 Å². The average molecular weight is 438 g/mol. The number of fused-ring (bicyclic) bond motifs is 2. The van der Waals surface area contributed by atoms with Crippen LogP contribution in [0.3, 0.4) is 0 Å². The van der Waals surface area contributed by atoms with Gasteiger partial charge in [-0.15, -0.1) is 0 Å². The monoisotopic (exact) mass is 437 g/mol. The van der Waals surface area contributed by atoms with Crippen molar-refractivity contribution in [1.82, 2.24) is 20.2 Å². The van der Waals surface area contributed by atoms with E-state index in [1.54, 1.807) is 0 Å². The highest BCUT2D eigenvalue weighted by Gasteiger charge is 2.35. The predicted octanol–water partition coefficient (Wildman–Crippen LogP) is 5.90. The number of rotatable bonds is 3. The van der Waals surface area contributed by atoms with Crippen molar-refractivity contribution in [2.75, 3.05) is 11.4 Å². The van der Waals surface area contributed by atoms with Gasteiger partial charge in [0, 0.05) is 41.9 Å². The minimum atomic E-state index is 0.227. The van der Waals surface area contributed by atoms with Crippen molar-refractivity contribution in [1.29, 1.82) is 0 Å². The fourth-order valence-electron chi connectivity index (χ4n) is 6.01. The number of aromatic nitrogens is 4. The Labute approximate surface area is 196 Å². The van der Waals surface area contributed by atoms with E-state index in [2.05, 4.69) is 65.3 Å². The second-order valence-electron chi connectivity index (χ2n) is 9.83. The molecular formula is C28H31N5. The van der Waals surface area contributed by atoms with Crippen LogP contribution >= 0.6 is 0 Å². The molecule has 168 valence electrons. The fourth-order valence-corrected chi connectivity index (χ4v) is 6.01.